The van der Waals surface area contributed by atoms with Crippen molar-refractivity contribution in [2.75, 3.05) is 11.9 Å². The van der Waals surface area contributed by atoms with Gasteiger partial charge in [0.1, 0.15) is 6.61 Å². The summed E-state index contributed by atoms with van der Waals surface area (Å²) in [5.74, 6) is -0.287. The monoisotopic (exact) mass is 447 g/mol. The number of hydrogen-bond donors (Lipinski definition) is 1. The van der Waals surface area contributed by atoms with Crippen LogP contribution in [0.4, 0.5) is 18.9 Å². The number of halogens is 3. The van der Waals surface area contributed by atoms with Gasteiger partial charge in [0.2, 0.25) is 0 Å². The van der Waals surface area contributed by atoms with Crippen molar-refractivity contribution in [2.24, 2.45) is 5.92 Å². The zero-order valence-electron chi connectivity index (χ0n) is 18.0. The Kier molecular flexibility index (Phi) is 6.74. The van der Waals surface area contributed by atoms with E-state index in [0.717, 1.165) is 30.9 Å². The Morgan fingerprint density at radius 2 is 1.94 bits per heavy atom. The van der Waals surface area contributed by atoms with Crippen LogP contribution in [0, 0.1) is 5.92 Å². The first-order chi connectivity index (χ1) is 15.4. The third-order valence-electron chi connectivity index (χ3n) is 6.30. The largest absolute Gasteiger partial charge is 0.463 e. The van der Waals surface area contributed by atoms with Gasteiger partial charge in [0.05, 0.1) is 23.8 Å². The van der Waals surface area contributed by atoms with Crippen LogP contribution in [-0.2, 0) is 20.4 Å². The second-order valence-electron chi connectivity index (χ2n) is 8.54. The van der Waals surface area contributed by atoms with Gasteiger partial charge >= 0.3 is 12.1 Å². The quantitative estimate of drug-likeness (QED) is 0.518. The molecule has 1 fully saturated rings. The molecule has 2 heterocycles. The SMILES string of the molecule is CCCCC(=O)OCC1CC[C@@H]2[C@H](O1)c1cc(C(F)(F)F)ccc1N[C@H]2c1ccccc1. The molecule has 4 nitrogen and oxygen atoms in total. The molecule has 2 aliphatic rings. The molecule has 4 rings (SSSR count). The standard InChI is InChI=1S/C25H28F3NO3/c1-2-3-9-22(30)31-15-18-11-12-19-23(16-7-5-4-6-8-16)29-21-13-10-17(25(26,27)28)14-20(21)24(19)32-18/h4-8,10,13-14,18-19,23-24,29H,2-3,9,11-12,15H2,1H3/t18?,19-,23-,24-/m0/s1. The molecule has 1 N–H and O–H groups in total. The van der Waals surface area contributed by atoms with Crippen LogP contribution in [0.2, 0.25) is 0 Å². The third-order valence-corrected chi connectivity index (χ3v) is 6.30. The topological polar surface area (TPSA) is 47.6 Å². The van der Waals surface area contributed by atoms with Crippen LogP contribution in [0.15, 0.2) is 48.5 Å². The Labute approximate surface area is 186 Å². The van der Waals surface area contributed by atoms with E-state index in [2.05, 4.69) is 5.32 Å². The molecule has 2 aromatic rings. The minimum absolute atomic E-state index is 0.0274. The molecule has 0 aliphatic carbocycles. The number of esters is 1. The second kappa shape index (κ2) is 9.53. The molecule has 172 valence electrons. The number of fused-ring (bicyclic) bond motifs is 3. The summed E-state index contributed by atoms with van der Waals surface area (Å²) in [7, 11) is 0. The van der Waals surface area contributed by atoms with E-state index in [1.54, 1.807) is 0 Å². The maximum atomic E-state index is 13.4. The highest BCUT2D eigenvalue weighted by molar-refractivity contribution is 5.69. The van der Waals surface area contributed by atoms with Gasteiger partial charge in [0.25, 0.3) is 0 Å². The number of carbonyl (C=O) groups excluding carboxylic acids is 1. The van der Waals surface area contributed by atoms with E-state index in [1.165, 1.54) is 12.1 Å². The zero-order valence-corrected chi connectivity index (χ0v) is 18.0. The second-order valence-corrected chi connectivity index (χ2v) is 8.54. The molecule has 0 radical (unpaired) electrons. The Balaban J connectivity index is 1.59. The maximum Gasteiger partial charge on any atom is 0.416 e. The van der Waals surface area contributed by atoms with Crippen molar-refractivity contribution in [1.82, 2.24) is 0 Å². The van der Waals surface area contributed by atoms with Gasteiger partial charge < -0.3 is 14.8 Å². The van der Waals surface area contributed by atoms with Crippen molar-refractivity contribution in [3.05, 3.63) is 65.2 Å². The molecule has 2 aliphatic heterocycles. The molecule has 1 saturated heterocycles. The van der Waals surface area contributed by atoms with Crippen molar-refractivity contribution in [3.8, 4) is 0 Å². The lowest BCUT2D eigenvalue weighted by Crippen LogP contribution is -2.40. The molecule has 7 heteroatoms. The lowest BCUT2D eigenvalue weighted by atomic mass is 9.76. The molecule has 0 saturated carbocycles. The van der Waals surface area contributed by atoms with Crippen molar-refractivity contribution in [2.45, 2.75) is 63.5 Å². The van der Waals surface area contributed by atoms with Crippen LogP contribution < -0.4 is 5.32 Å². The summed E-state index contributed by atoms with van der Waals surface area (Å²) in [6.45, 7) is 2.13. The summed E-state index contributed by atoms with van der Waals surface area (Å²) in [5, 5.41) is 3.45. The van der Waals surface area contributed by atoms with E-state index < -0.39 is 17.8 Å². The fraction of sp³-hybridized carbons (Fsp3) is 0.480. The normalized spacial score (nSPS) is 24.8. The summed E-state index contributed by atoms with van der Waals surface area (Å²) < 4.78 is 51.9. The fourth-order valence-corrected chi connectivity index (χ4v) is 4.62. The summed E-state index contributed by atoms with van der Waals surface area (Å²) >= 11 is 0. The van der Waals surface area contributed by atoms with Crippen LogP contribution in [0.5, 0.6) is 0 Å². The highest BCUT2D eigenvalue weighted by Gasteiger charge is 2.43. The Hall–Kier alpha value is -2.54. The van der Waals surface area contributed by atoms with E-state index in [4.69, 9.17) is 9.47 Å². The number of alkyl halides is 3. The summed E-state index contributed by atoms with van der Waals surface area (Å²) in [4.78, 5) is 11.9. The van der Waals surface area contributed by atoms with E-state index in [1.807, 2.05) is 37.3 Å². The van der Waals surface area contributed by atoms with Crippen molar-refractivity contribution in [1.29, 1.82) is 0 Å². The van der Waals surface area contributed by atoms with Crippen molar-refractivity contribution >= 4 is 11.7 Å². The number of ether oxygens (including phenoxy) is 2. The van der Waals surface area contributed by atoms with Gasteiger partial charge in [-0.15, -0.1) is 0 Å². The number of benzene rings is 2. The lowest BCUT2D eigenvalue weighted by molar-refractivity contribution is -0.157. The predicted octanol–water partition coefficient (Wildman–Crippen LogP) is 6.44. The minimum atomic E-state index is -4.43. The Morgan fingerprint density at radius 1 is 1.16 bits per heavy atom. The van der Waals surface area contributed by atoms with Crippen LogP contribution in [0.1, 0.15) is 67.9 Å². The molecule has 1 unspecified atom stereocenters. The van der Waals surface area contributed by atoms with E-state index in [0.29, 0.717) is 24.1 Å². The summed E-state index contributed by atoms with van der Waals surface area (Å²) in [6, 6.07) is 13.6. The molecule has 4 atom stereocenters. The molecule has 0 spiro atoms. The first-order valence-electron chi connectivity index (χ1n) is 11.2. The number of unbranched alkanes of at least 4 members (excludes halogenated alkanes) is 1. The van der Waals surface area contributed by atoms with Crippen LogP contribution >= 0.6 is 0 Å². The molecular weight excluding hydrogens is 419 g/mol. The molecule has 0 aromatic heterocycles. The Morgan fingerprint density at radius 3 is 2.66 bits per heavy atom. The molecular formula is C25H28F3NO3. The van der Waals surface area contributed by atoms with Crippen LogP contribution in [0.25, 0.3) is 0 Å². The smallest absolute Gasteiger partial charge is 0.416 e. The number of hydrogen-bond acceptors (Lipinski definition) is 4. The highest BCUT2D eigenvalue weighted by Crippen LogP contribution is 2.51. The van der Waals surface area contributed by atoms with Gasteiger partial charge in [-0.05, 0) is 43.0 Å². The van der Waals surface area contributed by atoms with Gasteiger partial charge in [-0.3, -0.25) is 4.79 Å². The first-order valence-corrected chi connectivity index (χ1v) is 11.2. The number of rotatable bonds is 6. The van der Waals surface area contributed by atoms with Gasteiger partial charge in [0, 0.05) is 23.6 Å². The number of anilines is 1. The van der Waals surface area contributed by atoms with Gasteiger partial charge in [-0.1, -0.05) is 43.7 Å². The minimum Gasteiger partial charge on any atom is -0.463 e. The van der Waals surface area contributed by atoms with Crippen LogP contribution in [-0.4, -0.2) is 18.7 Å². The fourth-order valence-electron chi connectivity index (χ4n) is 4.62. The maximum absolute atomic E-state index is 13.4. The van der Waals surface area contributed by atoms with Gasteiger partial charge in [0.15, 0.2) is 0 Å². The lowest BCUT2D eigenvalue weighted by Gasteiger charge is -2.45. The highest BCUT2D eigenvalue weighted by atomic mass is 19.4. The summed E-state index contributed by atoms with van der Waals surface area (Å²) in [6.07, 6.45) is -1.79. The van der Waals surface area contributed by atoms with Crippen molar-refractivity contribution in [3.63, 3.8) is 0 Å². The van der Waals surface area contributed by atoms with E-state index in [-0.39, 0.29) is 30.6 Å². The van der Waals surface area contributed by atoms with Crippen molar-refractivity contribution < 1.29 is 27.4 Å². The molecule has 0 amide bonds. The molecule has 2 aromatic carbocycles. The summed E-state index contributed by atoms with van der Waals surface area (Å²) in [5.41, 5.74) is 1.54. The van der Waals surface area contributed by atoms with E-state index >= 15 is 0 Å². The Bertz CT molecular complexity index is 932. The molecule has 32 heavy (non-hydrogen) atoms. The van der Waals surface area contributed by atoms with Gasteiger partial charge in [-0.25, -0.2) is 0 Å². The first kappa shape index (κ1) is 22.6. The van der Waals surface area contributed by atoms with Crippen LogP contribution in [0.3, 0.4) is 0 Å². The van der Waals surface area contributed by atoms with E-state index in [9.17, 15) is 18.0 Å². The molecule has 0 bridgehead atoms. The third kappa shape index (κ3) is 4.93. The number of nitrogens with one attached hydrogen (secondary N) is 1. The zero-order chi connectivity index (χ0) is 22.7. The predicted molar refractivity (Wildman–Crippen MR) is 115 cm³/mol. The average Bonchev–Trinajstić information content (AvgIpc) is 2.80. The number of carbonyl (C=O) groups is 1. The van der Waals surface area contributed by atoms with Gasteiger partial charge in [-0.2, -0.15) is 13.2 Å². The average molecular weight is 447 g/mol.